The van der Waals surface area contributed by atoms with Crippen molar-refractivity contribution < 1.29 is 34.1 Å². The molecule has 1 heterocycles. The van der Waals surface area contributed by atoms with Gasteiger partial charge in [-0.1, -0.05) is 24.6 Å². The van der Waals surface area contributed by atoms with Crippen LogP contribution in [0.2, 0.25) is 5.02 Å². The number of benzene rings is 2. The second-order valence-electron chi connectivity index (χ2n) is 6.89. The Balaban J connectivity index is 1.68. The number of nitrogens with zero attached hydrogens (tertiary/aromatic N) is 1. The number of anilines is 1. The lowest BCUT2D eigenvalue weighted by molar-refractivity contribution is -0.127. The van der Waals surface area contributed by atoms with E-state index < -0.39 is 29.6 Å². The summed E-state index contributed by atoms with van der Waals surface area (Å²) < 4.78 is 5.06. The van der Waals surface area contributed by atoms with E-state index in [1.165, 1.54) is 42.5 Å². The van der Waals surface area contributed by atoms with Crippen molar-refractivity contribution in [2.45, 2.75) is 13.3 Å². The van der Waals surface area contributed by atoms with Crippen LogP contribution in [-0.2, 0) is 14.3 Å². The first-order valence-corrected chi connectivity index (χ1v) is 10.9. The topological polar surface area (TPSA) is 133 Å². The Hall–Kier alpha value is -3.50. The van der Waals surface area contributed by atoms with Crippen molar-refractivity contribution in [3.8, 4) is 11.5 Å². The van der Waals surface area contributed by atoms with E-state index in [1.807, 2.05) is 6.92 Å². The highest BCUT2D eigenvalue weighted by Crippen LogP contribution is 2.34. The van der Waals surface area contributed by atoms with Gasteiger partial charge in [-0.05, 0) is 60.2 Å². The number of nitrogens with one attached hydrogen (secondary N) is 1. The minimum absolute atomic E-state index is 0.0605. The van der Waals surface area contributed by atoms with Crippen LogP contribution in [0.3, 0.4) is 0 Å². The van der Waals surface area contributed by atoms with Crippen molar-refractivity contribution in [1.29, 1.82) is 0 Å². The number of rotatable bonds is 7. The zero-order valence-corrected chi connectivity index (χ0v) is 18.9. The van der Waals surface area contributed by atoms with Gasteiger partial charge in [0.2, 0.25) is 5.91 Å². The molecule has 1 fully saturated rings. The third-order valence-electron chi connectivity index (χ3n) is 4.38. The molecule has 0 bridgehead atoms. The fraction of sp³-hybridized carbons (Fsp3) is 0.182. The van der Waals surface area contributed by atoms with Crippen molar-refractivity contribution in [2.75, 3.05) is 18.5 Å². The van der Waals surface area contributed by atoms with Gasteiger partial charge in [0.25, 0.3) is 11.1 Å². The molecule has 0 unspecified atom stereocenters. The van der Waals surface area contributed by atoms with Crippen LogP contribution >= 0.6 is 23.4 Å². The molecule has 2 aromatic rings. The Morgan fingerprint density at radius 1 is 1.15 bits per heavy atom. The number of halogens is 1. The number of aromatic hydroxyl groups is 2. The molecule has 11 heteroatoms. The number of ether oxygens (including phenoxy) is 1. The molecule has 9 nitrogen and oxygen atoms in total. The smallest absolute Gasteiger partial charge is 0.339 e. The Morgan fingerprint density at radius 2 is 1.91 bits per heavy atom. The predicted octanol–water partition coefficient (Wildman–Crippen LogP) is 3.99. The third kappa shape index (κ3) is 5.85. The van der Waals surface area contributed by atoms with Crippen LogP contribution in [0, 0.1) is 0 Å². The molecule has 1 aliphatic heterocycles. The highest BCUT2D eigenvalue weighted by atomic mass is 35.5. The number of phenols is 2. The zero-order valence-electron chi connectivity index (χ0n) is 17.3. The van der Waals surface area contributed by atoms with Gasteiger partial charge in [0.1, 0.15) is 6.54 Å². The molecule has 3 amide bonds. The molecular formula is C22H19ClN2O7S. The number of carbonyl (C=O) groups excluding carboxylic acids is 4. The second-order valence-corrected chi connectivity index (χ2v) is 8.30. The largest absolute Gasteiger partial charge is 0.504 e. The van der Waals surface area contributed by atoms with Gasteiger partial charge in [0.05, 0.1) is 22.1 Å². The van der Waals surface area contributed by atoms with Gasteiger partial charge in [-0.3, -0.25) is 19.3 Å². The summed E-state index contributed by atoms with van der Waals surface area (Å²) in [5.41, 5.74) is 0.716. The molecule has 0 spiro atoms. The molecular weight excluding hydrogens is 472 g/mol. The fourth-order valence-electron chi connectivity index (χ4n) is 2.79. The molecule has 1 aliphatic rings. The molecule has 3 rings (SSSR count). The third-order valence-corrected chi connectivity index (χ3v) is 5.62. The number of hydrogen-bond acceptors (Lipinski definition) is 8. The van der Waals surface area contributed by atoms with Gasteiger partial charge in [0.15, 0.2) is 11.5 Å². The zero-order chi connectivity index (χ0) is 24.1. The molecule has 1 saturated heterocycles. The summed E-state index contributed by atoms with van der Waals surface area (Å²) in [6.07, 6.45) is 2.01. The van der Waals surface area contributed by atoms with Crippen LogP contribution in [0.25, 0.3) is 6.08 Å². The Kier molecular flexibility index (Phi) is 7.62. The lowest BCUT2D eigenvalue weighted by Crippen LogP contribution is -2.36. The number of imide groups is 1. The quantitative estimate of drug-likeness (QED) is 0.301. The fourth-order valence-corrected chi connectivity index (χ4v) is 3.83. The molecule has 0 radical (unpaired) electrons. The normalized spacial score (nSPS) is 14.6. The average Bonchev–Trinajstić information content (AvgIpc) is 3.03. The minimum Gasteiger partial charge on any atom is -0.504 e. The SMILES string of the molecule is CCCOC(=O)c1cc(NC(=O)CN2C(=O)S/C(=C/c3ccc(O)c(O)c3)C2=O)ccc1Cl. The van der Waals surface area contributed by atoms with Crippen LogP contribution in [0.15, 0.2) is 41.3 Å². The maximum absolute atomic E-state index is 12.6. The Bertz CT molecular complexity index is 1170. The minimum atomic E-state index is -0.673. The molecule has 33 heavy (non-hydrogen) atoms. The van der Waals surface area contributed by atoms with E-state index in [0.717, 1.165) is 4.90 Å². The standard InChI is InChI=1S/C22H19ClN2O7S/c1-2-7-32-21(30)14-10-13(4-5-15(14)23)24-19(28)11-25-20(29)18(33-22(25)31)9-12-3-6-16(26)17(27)8-12/h3-6,8-10,26-27H,2,7,11H2,1H3,(H,24,28)/b18-9+. The van der Waals surface area contributed by atoms with Gasteiger partial charge < -0.3 is 20.3 Å². The number of carbonyl (C=O) groups is 4. The summed E-state index contributed by atoms with van der Waals surface area (Å²) in [6, 6.07) is 8.19. The summed E-state index contributed by atoms with van der Waals surface area (Å²) in [5, 5.41) is 21.0. The number of amides is 3. The van der Waals surface area contributed by atoms with Crippen molar-refractivity contribution in [3.63, 3.8) is 0 Å². The lowest BCUT2D eigenvalue weighted by atomic mass is 10.2. The monoisotopic (exact) mass is 490 g/mol. The summed E-state index contributed by atoms with van der Waals surface area (Å²) in [5.74, 6) is -2.65. The van der Waals surface area contributed by atoms with E-state index in [2.05, 4.69) is 5.32 Å². The lowest BCUT2D eigenvalue weighted by Gasteiger charge is -2.13. The Labute approximate surface area is 198 Å². The second kappa shape index (κ2) is 10.4. The number of hydrogen-bond donors (Lipinski definition) is 3. The first-order chi connectivity index (χ1) is 15.7. The molecule has 172 valence electrons. The maximum Gasteiger partial charge on any atom is 0.339 e. The van der Waals surface area contributed by atoms with Crippen molar-refractivity contribution in [1.82, 2.24) is 4.90 Å². The Morgan fingerprint density at radius 3 is 2.61 bits per heavy atom. The highest BCUT2D eigenvalue weighted by Gasteiger charge is 2.36. The van der Waals surface area contributed by atoms with E-state index in [4.69, 9.17) is 16.3 Å². The van der Waals surface area contributed by atoms with Gasteiger partial charge in [-0.25, -0.2) is 4.79 Å². The summed E-state index contributed by atoms with van der Waals surface area (Å²) in [4.78, 5) is 50.2. The van der Waals surface area contributed by atoms with Crippen LogP contribution in [0.1, 0.15) is 29.3 Å². The van der Waals surface area contributed by atoms with Crippen LogP contribution in [0.4, 0.5) is 10.5 Å². The van der Waals surface area contributed by atoms with E-state index >= 15 is 0 Å². The van der Waals surface area contributed by atoms with Crippen molar-refractivity contribution in [3.05, 3.63) is 57.5 Å². The molecule has 0 aliphatic carbocycles. The predicted molar refractivity (Wildman–Crippen MR) is 123 cm³/mol. The van der Waals surface area contributed by atoms with Gasteiger partial charge in [-0.15, -0.1) is 0 Å². The number of thioether (sulfide) groups is 1. The van der Waals surface area contributed by atoms with E-state index in [-0.39, 0.29) is 39.3 Å². The summed E-state index contributed by atoms with van der Waals surface area (Å²) in [7, 11) is 0. The van der Waals surface area contributed by atoms with E-state index in [1.54, 1.807) is 0 Å². The first kappa shape index (κ1) is 24.1. The molecule has 3 N–H and O–H groups in total. The summed E-state index contributed by atoms with van der Waals surface area (Å²) >= 11 is 6.68. The van der Waals surface area contributed by atoms with Gasteiger partial charge in [0, 0.05) is 5.69 Å². The van der Waals surface area contributed by atoms with Crippen molar-refractivity contribution >= 4 is 58.1 Å². The van der Waals surface area contributed by atoms with E-state index in [9.17, 15) is 29.4 Å². The van der Waals surface area contributed by atoms with E-state index in [0.29, 0.717) is 23.7 Å². The molecule has 0 atom stereocenters. The molecule has 0 aromatic heterocycles. The number of phenolic OH excluding ortho intramolecular Hbond substituents is 2. The molecule has 0 saturated carbocycles. The first-order valence-electron chi connectivity index (χ1n) is 9.73. The highest BCUT2D eigenvalue weighted by molar-refractivity contribution is 8.18. The molecule has 2 aromatic carbocycles. The van der Waals surface area contributed by atoms with Crippen LogP contribution in [0.5, 0.6) is 11.5 Å². The van der Waals surface area contributed by atoms with Crippen molar-refractivity contribution in [2.24, 2.45) is 0 Å². The average molecular weight is 491 g/mol. The number of esters is 1. The van der Waals surface area contributed by atoms with Gasteiger partial charge >= 0.3 is 5.97 Å². The maximum atomic E-state index is 12.6. The summed E-state index contributed by atoms with van der Waals surface area (Å²) in [6.45, 7) is 1.53. The van der Waals surface area contributed by atoms with Crippen LogP contribution < -0.4 is 5.32 Å². The van der Waals surface area contributed by atoms with Crippen LogP contribution in [-0.4, -0.2) is 51.3 Å². The van der Waals surface area contributed by atoms with Gasteiger partial charge in [-0.2, -0.15) is 0 Å².